The van der Waals surface area contributed by atoms with E-state index in [4.69, 9.17) is 4.74 Å². The van der Waals surface area contributed by atoms with Gasteiger partial charge < -0.3 is 15.0 Å². The van der Waals surface area contributed by atoms with Crippen molar-refractivity contribution in [1.29, 1.82) is 0 Å². The van der Waals surface area contributed by atoms with Crippen LogP contribution in [0, 0.1) is 29.1 Å². The van der Waals surface area contributed by atoms with Crippen molar-refractivity contribution in [2.45, 2.75) is 77.5 Å². The van der Waals surface area contributed by atoms with Crippen molar-refractivity contribution < 1.29 is 23.9 Å². The molecule has 2 aliphatic carbocycles. The molecule has 7 nitrogen and oxygen atoms in total. The van der Waals surface area contributed by atoms with E-state index < -0.39 is 28.5 Å². The van der Waals surface area contributed by atoms with E-state index in [0.717, 1.165) is 16.5 Å². The van der Waals surface area contributed by atoms with Crippen LogP contribution in [0.4, 0.5) is 0 Å². The van der Waals surface area contributed by atoms with E-state index in [1.807, 2.05) is 49.5 Å². The number of aromatic nitrogens is 1. The number of hydrogen-bond donors (Lipinski definition) is 2. The molecule has 6 rings (SSSR count). The first-order valence-electron chi connectivity index (χ1n) is 14.5. The van der Waals surface area contributed by atoms with Gasteiger partial charge in [0.25, 0.3) is 0 Å². The Kier molecular flexibility index (Phi) is 6.30. The fourth-order valence-corrected chi connectivity index (χ4v) is 8.13. The lowest BCUT2D eigenvalue weighted by molar-refractivity contribution is -0.149. The van der Waals surface area contributed by atoms with E-state index in [1.54, 1.807) is 6.92 Å². The standard InChI is InChI=1S/C33H38N2O5/c1-17-9-8-11-23-30-32(5,40-30)20(4)27-28(19(3)22-16-34-24-12-7-6-10-21(22)24)35-31(39)33(23,27)26(37)14-13-25(36)29(38)18(2)15-17/h6-8,10-12,15-17,19-20,23,27-28,30,34H,9,13-14H2,1-5H3,(H,35,39)/b11-8+,18-15+/t17-,19+,20-,23-,27-,28-,30-,32+,33?/m0/s1. The third kappa shape index (κ3) is 3.73. The molecule has 3 heterocycles. The Balaban J connectivity index is 1.46. The minimum absolute atomic E-state index is 0.0252. The van der Waals surface area contributed by atoms with Crippen LogP contribution >= 0.6 is 0 Å². The number of carbonyl (C=O) groups is 4. The zero-order valence-electron chi connectivity index (χ0n) is 23.8. The van der Waals surface area contributed by atoms with Crippen molar-refractivity contribution in [2.75, 3.05) is 0 Å². The Morgan fingerprint density at radius 1 is 1.07 bits per heavy atom. The average molecular weight is 543 g/mol. The molecule has 1 aromatic heterocycles. The maximum atomic E-state index is 14.4. The van der Waals surface area contributed by atoms with Crippen LogP contribution in [0.25, 0.3) is 10.9 Å². The van der Waals surface area contributed by atoms with E-state index in [2.05, 4.69) is 37.1 Å². The highest BCUT2D eigenvalue weighted by Crippen LogP contribution is 2.67. The van der Waals surface area contributed by atoms with Gasteiger partial charge in [-0.15, -0.1) is 0 Å². The number of hydrogen-bond acceptors (Lipinski definition) is 5. The summed E-state index contributed by atoms with van der Waals surface area (Å²) in [5, 5.41) is 4.39. The van der Waals surface area contributed by atoms with E-state index >= 15 is 0 Å². The molecule has 1 saturated carbocycles. The number of nitrogens with one attached hydrogen (secondary N) is 2. The number of epoxide rings is 1. The number of carbonyl (C=O) groups excluding carboxylic acids is 4. The fraction of sp³-hybridized carbons (Fsp3) is 0.515. The minimum Gasteiger partial charge on any atom is -0.365 e. The maximum Gasteiger partial charge on any atom is 0.235 e. The number of rotatable bonds is 2. The van der Waals surface area contributed by atoms with E-state index in [-0.39, 0.29) is 60.3 Å². The van der Waals surface area contributed by atoms with Crippen molar-refractivity contribution >= 4 is 34.2 Å². The number of para-hydroxylation sites is 1. The smallest absolute Gasteiger partial charge is 0.235 e. The number of ether oxygens (including phenoxy) is 1. The van der Waals surface area contributed by atoms with E-state index in [9.17, 15) is 19.2 Å². The lowest BCUT2D eigenvalue weighted by atomic mass is 9.50. The first-order valence-corrected chi connectivity index (χ1v) is 14.5. The zero-order valence-corrected chi connectivity index (χ0v) is 23.8. The molecule has 2 N–H and O–H groups in total. The average Bonchev–Trinajstić information content (AvgIpc) is 3.30. The van der Waals surface area contributed by atoms with Crippen LogP contribution in [0.5, 0.6) is 0 Å². The van der Waals surface area contributed by atoms with Gasteiger partial charge in [-0.2, -0.15) is 0 Å². The number of H-pyrrole nitrogens is 1. The number of benzene rings is 1. The topological polar surface area (TPSA) is 109 Å². The number of fused-ring (bicyclic) bond motifs is 3. The molecule has 4 aliphatic rings. The summed E-state index contributed by atoms with van der Waals surface area (Å²) in [4.78, 5) is 57.7. The van der Waals surface area contributed by atoms with Crippen LogP contribution in [0.2, 0.25) is 0 Å². The largest absolute Gasteiger partial charge is 0.365 e. The van der Waals surface area contributed by atoms with Crippen LogP contribution in [0.1, 0.15) is 65.4 Å². The predicted octanol–water partition coefficient (Wildman–Crippen LogP) is 4.83. The number of aromatic amines is 1. The highest BCUT2D eigenvalue weighted by atomic mass is 16.6. The number of Topliss-reactive ketones (excluding diaryl/α,β-unsaturated/α-hetero) is 3. The van der Waals surface area contributed by atoms with Crippen molar-refractivity contribution in [1.82, 2.24) is 10.3 Å². The van der Waals surface area contributed by atoms with Crippen LogP contribution in [-0.2, 0) is 23.9 Å². The summed E-state index contributed by atoms with van der Waals surface area (Å²) in [5.41, 5.74) is 0.705. The Morgan fingerprint density at radius 3 is 2.60 bits per heavy atom. The van der Waals surface area contributed by atoms with Crippen molar-refractivity contribution in [2.24, 2.45) is 29.1 Å². The van der Waals surface area contributed by atoms with Gasteiger partial charge in [-0.05, 0) is 49.3 Å². The molecule has 7 heteroatoms. The van der Waals surface area contributed by atoms with Gasteiger partial charge >= 0.3 is 0 Å². The Bertz CT molecular complexity index is 1480. The van der Waals surface area contributed by atoms with Crippen molar-refractivity contribution in [3.63, 3.8) is 0 Å². The summed E-state index contributed by atoms with van der Waals surface area (Å²) >= 11 is 0. The molecule has 2 aromatic rings. The Morgan fingerprint density at radius 2 is 1.82 bits per heavy atom. The summed E-state index contributed by atoms with van der Waals surface area (Å²) in [6, 6.07) is 7.79. The molecule has 1 aromatic carbocycles. The van der Waals surface area contributed by atoms with Gasteiger partial charge in [0, 0.05) is 53.7 Å². The third-order valence-electron chi connectivity index (χ3n) is 10.5. The third-order valence-corrected chi connectivity index (χ3v) is 10.5. The summed E-state index contributed by atoms with van der Waals surface area (Å²) < 4.78 is 6.37. The summed E-state index contributed by atoms with van der Waals surface area (Å²) in [5.74, 6) is -2.61. The second kappa shape index (κ2) is 9.37. The zero-order chi connectivity index (χ0) is 28.6. The molecular formula is C33H38N2O5. The molecule has 9 atom stereocenters. The van der Waals surface area contributed by atoms with E-state index in [1.165, 1.54) is 0 Å². The molecule has 40 heavy (non-hydrogen) atoms. The number of allylic oxidation sites excluding steroid dienone is 3. The van der Waals surface area contributed by atoms with Gasteiger partial charge in [0.15, 0.2) is 0 Å². The first-order chi connectivity index (χ1) is 19.0. The molecule has 2 aliphatic heterocycles. The minimum atomic E-state index is -1.37. The molecule has 1 unspecified atom stereocenters. The maximum absolute atomic E-state index is 14.4. The summed E-state index contributed by atoms with van der Waals surface area (Å²) in [6.45, 7) is 9.96. The lowest BCUT2D eigenvalue weighted by Gasteiger charge is -2.46. The molecule has 1 amide bonds. The van der Waals surface area contributed by atoms with Gasteiger partial charge in [0.2, 0.25) is 17.5 Å². The molecular weight excluding hydrogens is 504 g/mol. The molecule has 210 valence electrons. The van der Waals surface area contributed by atoms with Gasteiger partial charge in [-0.3, -0.25) is 19.2 Å². The molecule has 1 spiro atoms. The van der Waals surface area contributed by atoms with Gasteiger partial charge in [-0.1, -0.05) is 57.2 Å². The first kappa shape index (κ1) is 26.9. The van der Waals surface area contributed by atoms with Gasteiger partial charge in [0.1, 0.15) is 11.2 Å². The van der Waals surface area contributed by atoms with Crippen LogP contribution in [0.3, 0.4) is 0 Å². The molecule has 2 saturated heterocycles. The summed E-state index contributed by atoms with van der Waals surface area (Å²) in [6.07, 6.45) is 7.89. The quantitative estimate of drug-likeness (QED) is 0.245. The highest BCUT2D eigenvalue weighted by Gasteiger charge is 2.78. The number of ketones is 3. The SMILES string of the molecule is C/C1=C\[C@@H](C)C/C=C/[C@H]2[C@@H]3O[C@]3(C)[C@@H](C)[C@H]3[C@H]([C@H](C)c4c[nH]c5ccccc45)NC(=O)C32C(=O)CCC(=O)C1=O. The van der Waals surface area contributed by atoms with Crippen molar-refractivity contribution in [3.05, 3.63) is 59.8 Å². The molecule has 0 bridgehead atoms. The van der Waals surface area contributed by atoms with Crippen LogP contribution < -0.4 is 5.32 Å². The molecule has 0 radical (unpaired) electrons. The van der Waals surface area contributed by atoms with Gasteiger partial charge in [0.05, 0.1) is 11.7 Å². The summed E-state index contributed by atoms with van der Waals surface area (Å²) in [7, 11) is 0. The Labute approximate surface area is 234 Å². The van der Waals surface area contributed by atoms with E-state index in [0.29, 0.717) is 12.0 Å². The van der Waals surface area contributed by atoms with Crippen LogP contribution in [-0.4, -0.2) is 46.0 Å². The predicted molar refractivity (Wildman–Crippen MR) is 151 cm³/mol. The monoisotopic (exact) mass is 542 g/mol. The second-order valence-electron chi connectivity index (χ2n) is 12.7. The molecule has 3 fully saturated rings. The number of amides is 1. The lowest BCUT2D eigenvalue weighted by Crippen LogP contribution is -2.58. The normalized spacial score (nSPS) is 40.9. The Hall–Kier alpha value is -3.32. The fourth-order valence-electron chi connectivity index (χ4n) is 8.13. The van der Waals surface area contributed by atoms with Crippen molar-refractivity contribution in [3.8, 4) is 0 Å². The van der Waals surface area contributed by atoms with Crippen LogP contribution in [0.15, 0.2) is 54.3 Å². The second-order valence-corrected chi connectivity index (χ2v) is 12.7. The van der Waals surface area contributed by atoms with Gasteiger partial charge in [-0.25, -0.2) is 0 Å². The highest BCUT2D eigenvalue weighted by molar-refractivity contribution is 6.43.